The van der Waals surface area contributed by atoms with Crippen molar-refractivity contribution in [1.29, 1.82) is 0 Å². The number of piperazine rings is 1. The second-order valence-electron chi connectivity index (χ2n) is 9.36. The highest BCUT2D eigenvalue weighted by Crippen LogP contribution is 2.17. The Bertz CT molecular complexity index is 1010. The summed E-state index contributed by atoms with van der Waals surface area (Å²) in [6.07, 6.45) is 1.55. The minimum atomic E-state index is 0.0527. The van der Waals surface area contributed by atoms with Gasteiger partial charge in [0, 0.05) is 63.8 Å². The molecule has 0 bridgehead atoms. The van der Waals surface area contributed by atoms with E-state index in [1.807, 2.05) is 35.2 Å². The smallest absolute Gasteiger partial charge is 0.254 e. The molecule has 4 rings (SSSR count). The first kappa shape index (κ1) is 25.0. The fourth-order valence-corrected chi connectivity index (χ4v) is 4.71. The Labute approximate surface area is 207 Å². The molecule has 0 saturated carbocycles. The van der Waals surface area contributed by atoms with E-state index in [2.05, 4.69) is 34.3 Å². The molecule has 0 aromatic heterocycles. The zero-order chi connectivity index (χ0) is 24.6. The summed E-state index contributed by atoms with van der Waals surface area (Å²) in [5, 5.41) is 3.03. The van der Waals surface area contributed by atoms with E-state index in [1.54, 1.807) is 13.2 Å². The van der Waals surface area contributed by atoms with Gasteiger partial charge in [-0.15, -0.1) is 0 Å². The van der Waals surface area contributed by atoms with Crippen LogP contribution in [0.15, 0.2) is 48.5 Å². The van der Waals surface area contributed by atoms with Crippen molar-refractivity contribution in [1.82, 2.24) is 20.0 Å². The van der Waals surface area contributed by atoms with Crippen LogP contribution in [0.2, 0.25) is 0 Å². The van der Waals surface area contributed by atoms with Crippen LogP contribution in [-0.4, -0.2) is 92.6 Å². The van der Waals surface area contributed by atoms with Crippen molar-refractivity contribution in [3.05, 3.63) is 59.7 Å². The van der Waals surface area contributed by atoms with Gasteiger partial charge < -0.3 is 24.6 Å². The molecule has 35 heavy (non-hydrogen) atoms. The van der Waals surface area contributed by atoms with Gasteiger partial charge in [0.15, 0.2) is 0 Å². The number of likely N-dealkylation sites (N-methyl/N-ethyl adjacent to an activating group) is 1. The molecule has 0 radical (unpaired) electrons. The minimum Gasteiger partial charge on any atom is -0.497 e. The zero-order valence-electron chi connectivity index (χ0n) is 20.7. The van der Waals surface area contributed by atoms with Crippen LogP contribution < -0.4 is 14.8 Å². The molecule has 1 atom stereocenters. The second kappa shape index (κ2) is 12.0. The third-order valence-corrected chi connectivity index (χ3v) is 6.62. The molecule has 8 heteroatoms. The molecule has 2 aliphatic heterocycles. The summed E-state index contributed by atoms with van der Waals surface area (Å²) < 4.78 is 11.3. The fourth-order valence-electron chi connectivity index (χ4n) is 4.71. The Hall–Kier alpha value is -3.10. The molecule has 2 aliphatic rings. The second-order valence-corrected chi connectivity index (χ2v) is 9.36. The van der Waals surface area contributed by atoms with E-state index in [-0.39, 0.29) is 17.9 Å². The number of carbonyl (C=O) groups excluding carboxylic acids is 2. The average Bonchev–Trinajstić information content (AvgIpc) is 3.28. The molecular weight excluding hydrogens is 444 g/mol. The summed E-state index contributed by atoms with van der Waals surface area (Å²) in [6.45, 7) is 6.18. The number of benzene rings is 2. The lowest BCUT2D eigenvalue weighted by Crippen LogP contribution is -2.49. The van der Waals surface area contributed by atoms with Crippen LogP contribution in [0.25, 0.3) is 0 Å². The number of carbonyl (C=O) groups is 2. The molecule has 1 N–H and O–H groups in total. The van der Waals surface area contributed by atoms with Gasteiger partial charge in [-0.1, -0.05) is 18.2 Å². The number of hydrogen-bond donors (Lipinski definition) is 1. The SMILES string of the molecule is COc1cccc(C(=O)N2CCN(CCOc3cccc(CN(C)CC4CCC(=O)N4)c3)CC2)c1. The van der Waals surface area contributed by atoms with Crippen LogP contribution in [0.4, 0.5) is 0 Å². The lowest BCUT2D eigenvalue weighted by molar-refractivity contribution is -0.119. The van der Waals surface area contributed by atoms with E-state index in [0.29, 0.717) is 37.4 Å². The first-order chi connectivity index (χ1) is 17.0. The van der Waals surface area contributed by atoms with E-state index in [0.717, 1.165) is 44.9 Å². The topological polar surface area (TPSA) is 74.4 Å². The molecule has 1 unspecified atom stereocenters. The van der Waals surface area contributed by atoms with Crippen molar-refractivity contribution in [2.75, 3.05) is 60.0 Å². The minimum absolute atomic E-state index is 0.0527. The Morgan fingerprint density at radius 2 is 1.86 bits per heavy atom. The third-order valence-electron chi connectivity index (χ3n) is 6.62. The number of rotatable bonds is 10. The Balaban J connectivity index is 1.17. The van der Waals surface area contributed by atoms with Gasteiger partial charge >= 0.3 is 0 Å². The molecular formula is C27H36N4O4. The zero-order valence-corrected chi connectivity index (χ0v) is 20.7. The van der Waals surface area contributed by atoms with E-state index in [4.69, 9.17) is 9.47 Å². The maximum atomic E-state index is 12.8. The maximum Gasteiger partial charge on any atom is 0.254 e. The van der Waals surface area contributed by atoms with Gasteiger partial charge in [-0.25, -0.2) is 0 Å². The van der Waals surface area contributed by atoms with E-state index in [9.17, 15) is 9.59 Å². The van der Waals surface area contributed by atoms with Gasteiger partial charge in [-0.3, -0.25) is 14.5 Å². The predicted octanol–water partition coefficient (Wildman–Crippen LogP) is 2.24. The highest BCUT2D eigenvalue weighted by molar-refractivity contribution is 5.94. The Morgan fingerprint density at radius 1 is 1.09 bits per heavy atom. The molecule has 2 aromatic rings. The van der Waals surface area contributed by atoms with Crippen molar-refractivity contribution < 1.29 is 19.1 Å². The fraction of sp³-hybridized carbons (Fsp3) is 0.481. The predicted molar refractivity (Wildman–Crippen MR) is 135 cm³/mol. The first-order valence-electron chi connectivity index (χ1n) is 12.4. The van der Waals surface area contributed by atoms with E-state index < -0.39 is 0 Å². The summed E-state index contributed by atoms with van der Waals surface area (Å²) in [4.78, 5) is 30.7. The van der Waals surface area contributed by atoms with Gasteiger partial charge in [-0.2, -0.15) is 0 Å². The summed E-state index contributed by atoms with van der Waals surface area (Å²) in [6, 6.07) is 15.8. The molecule has 8 nitrogen and oxygen atoms in total. The average molecular weight is 481 g/mol. The first-order valence-corrected chi connectivity index (χ1v) is 12.4. The Morgan fingerprint density at radius 3 is 2.60 bits per heavy atom. The molecule has 0 aliphatic carbocycles. The quantitative estimate of drug-likeness (QED) is 0.562. The van der Waals surface area contributed by atoms with Gasteiger partial charge in [0.05, 0.1) is 7.11 Å². The van der Waals surface area contributed by atoms with Crippen LogP contribution >= 0.6 is 0 Å². The largest absolute Gasteiger partial charge is 0.497 e. The summed E-state index contributed by atoms with van der Waals surface area (Å²) in [5.41, 5.74) is 1.86. The summed E-state index contributed by atoms with van der Waals surface area (Å²) in [7, 11) is 3.69. The van der Waals surface area contributed by atoms with Gasteiger partial charge in [0.25, 0.3) is 5.91 Å². The van der Waals surface area contributed by atoms with E-state index in [1.165, 1.54) is 5.56 Å². The molecule has 2 fully saturated rings. The lowest BCUT2D eigenvalue weighted by Gasteiger charge is -2.34. The highest BCUT2D eigenvalue weighted by atomic mass is 16.5. The number of ether oxygens (including phenoxy) is 2. The monoisotopic (exact) mass is 480 g/mol. The Kier molecular flexibility index (Phi) is 8.60. The van der Waals surface area contributed by atoms with Crippen molar-refractivity contribution in [3.63, 3.8) is 0 Å². The van der Waals surface area contributed by atoms with Crippen LogP contribution in [0, 0.1) is 0 Å². The van der Waals surface area contributed by atoms with Crippen molar-refractivity contribution in [2.24, 2.45) is 0 Å². The van der Waals surface area contributed by atoms with Crippen LogP contribution in [0.5, 0.6) is 11.5 Å². The highest BCUT2D eigenvalue weighted by Gasteiger charge is 2.23. The lowest BCUT2D eigenvalue weighted by atomic mass is 10.1. The number of amides is 2. The molecule has 0 spiro atoms. The molecule has 2 heterocycles. The maximum absolute atomic E-state index is 12.8. The molecule has 2 aromatic carbocycles. The van der Waals surface area contributed by atoms with Gasteiger partial charge in [-0.05, 0) is 49.4 Å². The standard InChI is InChI=1S/C27H36N4O4/c1-29(20-23-9-10-26(32)28-23)19-21-5-3-8-25(17-21)35-16-15-30-11-13-31(14-12-30)27(33)22-6-4-7-24(18-22)34-2/h3-8,17-18,23H,9-16,19-20H2,1-2H3,(H,28,32). The van der Waals surface area contributed by atoms with Crippen molar-refractivity contribution in [3.8, 4) is 11.5 Å². The van der Waals surface area contributed by atoms with Crippen molar-refractivity contribution >= 4 is 11.8 Å². The van der Waals surface area contributed by atoms with Crippen molar-refractivity contribution in [2.45, 2.75) is 25.4 Å². The molecule has 2 amide bonds. The normalized spacial score (nSPS) is 18.5. The van der Waals surface area contributed by atoms with Gasteiger partial charge in [0.1, 0.15) is 18.1 Å². The van der Waals surface area contributed by atoms with Crippen LogP contribution in [0.3, 0.4) is 0 Å². The number of hydrogen-bond acceptors (Lipinski definition) is 6. The number of nitrogens with one attached hydrogen (secondary N) is 1. The molecule has 188 valence electrons. The van der Waals surface area contributed by atoms with Gasteiger partial charge in [0.2, 0.25) is 5.91 Å². The number of nitrogens with zero attached hydrogens (tertiary/aromatic N) is 3. The van der Waals surface area contributed by atoms with Crippen LogP contribution in [0.1, 0.15) is 28.8 Å². The summed E-state index contributed by atoms with van der Waals surface area (Å²) >= 11 is 0. The number of methoxy groups -OCH3 is 1. The van der Waals surface area contributed by atoms with E-state index >= 15 is 0 Å². The third kappa shape index (κ3) is 7.19. The van der Waals surface area contributed by atoms with Crippen LogP contribution in [-0.2, 0) is 11.3 Å². The summed E-state index contributed by atoms with van der Waals surface area (Å²) in [5.74, 6) is 1.78. The molecule has 2 saturated heterocycles.